The lowest BCUT2D eigenvalue weighted by atomic mass is 9.95. The normalized spacial score (nSPS) is 22.2. The molecule has 138 valence electrons. The highest BCUT2D eigenvalue weighted by atomic mass is 32.2. The Morgan fingerprint density at radius 1 is 1.36 bits per heavy atom. The van der Waals surface area contributed by atoms with Gasteiger partial charge in [-0.1, -0.05) is 20.8 Å². The molecule has 0 bridgehead atoms. The molecule has 0 radical (unpaired) electrons. The van der Waals surface area contributed by atoms with Crippen molar-refractivity contribution in [2.75, 3.05) is 6.61 Å². The molecule has 2 atom stereocenters. The van der Waals surface area contributed by atoms with Crippen LogP contribution in [0.25, 0.3) is 0 Å². The van der Waals surface area contributed by atoms with E-state index in [-0.39, 0.29) is 17.6 Å². The van der Waals surface area contributed by atoms with Crippen LogP contribution in [0.15, 0.2) is 28.9 Å². The van der Waals surface area contributed by atoms with Crippen molar-refractivity contribution < 1.29 is 13.2 Å². The molecule has 3 rings (SSSR count). The van der Waals surface area contributed by atoms with Crippen LogP contribution in [-0.2, 0) is 27.2 Å². The highest BCUT2D eigenvalue weighted by molar-refractivity contribution is 7.91. The first-order chi connectivity index (χ1) is 11.7. The average molecular weight is 384 g/mol. The Labute approximate surface area is 153 Å². The molecule has 25 heavy (non-hydrogen) atoms. The van der Waals surface area contributed by atoms with Crippen LogP contribution in [-0.4, -0.2) is 30.6 Å². The van der Waals surface area contributed by atoms with E-state index in [1.807, 2.05) is 17.7 Å². The number of nitrogens with one attached hydrogen (secondary N) is 1. The fourth-order valence-corrected chi connectivity index (χ4v) is 5.60. The lowest BCUT2D eigenvalue weighted by Crippen LogP contribution is -2.39. The lowest BCUT2D eigenvalue weighted by Gasteiger charge is -2.29. The van der Waals surface area contributed by atoms with Gasteiger partial charge in [-0.25, -0.2) is 18.1 Å². The smallest absolute Gasteiger partial charge is 0.250 e. The maximum atomic E-state index is 12.7. The van der Waals surface area contributed by atoms with Gasteiger partial charge in [0.25, 0.3) is 0 Å². The Hall–Kier alpha value is -1.22. The predicted octanol–water partition coefficient (Wildman–Crippen LogP) is 2.98. The van der Waals surface area contributed by atoms with Crippen molar-refractivity contribution in [3.05, 3.63) is 35.2 Å². The van der Waals surface area contributed by atoms with E-state index in [9.17, 15) is 8.42 Å². The van der Waals surface area contributed by atoms with Crippen LogP contribution < -0.4 is 4.72 Å². The Morgan fingerprint density at radius 3 is 2.72 bits per heavy atom. The molecular formula is C17H25N3O3S2. The van der Waals surface area contributed by atoms with Crippen LogP contribution in [0.4, 0.5) is 0 Å². The zero-order valence-corrected chi connectivity index (χ0v) is 16.7. The van der Waals surface area contributed by atoms with E-state index in [1.165, 1.54) is 11.3 Å². The number of sulfonamides is 1. The molecule has 1 N–H and O–H groups in total. The van der Waals surface area contributed by atoms with Crippen LogP contribution in [0.5, 0.6) is 0 Å². The van der Waals surface area contributed by atoms with Crippen molar-refractivity contribution in [1.82, 2.24) is 14.3 Å². The second kappa shape index (κ2) is 6.83. The molecule has 0 unspecified atom stereocenters. The molecule has 2 aromatic rings. The van der Waals surface area contributed by atoms with Gasteiger partial charge < -0.3 is 9.30 Å². The minimum Gasteiger partial charge on any atom is -0.372 e. The number of ether oxygens (including phenoxy) is 1. The number of hydrogen-bond donors (Lipinski definition) is 1. The third kappa shape index (κ3) is 4.13. The number of aromatic nitrogens is 2. The summed E-state index contributed by atoms with van der Waals surface area (Å²) in [7, 11) is -1.60. The third-order valence-electron chi connectivity index (χ3n) is 4.37. The van der Waals surface area contributed by atoms with Gasteiger partial charge in [0.2, 0.25) is 10.0 Å². The van der Waals surface area contributed by atoms with Crippen molar-refractivity contribution in [2.45, 2.75) is 55.4 Å². The van der Waals surface area contributed by atoms with Gasteiger partial charge >= 0.3 is 0 Å². The third-order valence-corrected chi connectivity index (χ3v) is 7.90. The molecule has 0 saturated carbocycles. The number of nitrogens with zero attached hydrogens (tertiary/aromatic N) is 2. The van der Waals surface area contributed by atoms with Crippen LogP contribution in [0.2, 0.25) is 0 Å². The number of imidazole rings is 1. The first-order valence-electron chi connectivity index (χ1n) is 8.37. The van der Waals surface area contributed by atoms with Gasteiger partial charge in [0.1, 0.15) is 10.3 Å². The average Bonchev–Trinajstić information content (AvgIpc) is 3.15. The summed E-state index contributed by atoms with van der Waals surface area (Å²) in [5.41, 5.74) is 0.914. The van der Waals surface area contributed by atoms with E-state index in [4.69, 9.17) is 4.74 Å². The van der Waals surface area contributed by atoms with E-state index < -0.39 is 10.0 Å². The van der Waals surface area contributed by atoms with Crippen LogP contribution in [0.3, 0.4) is 0 Å². The lowest BCUT2D eigenvalue weighted by molar-refractivity contribution is -0.0000363. The van der Waals surface area contributed by atoms with Crippen molar-refractivity contribution in [2.24, 2.45) is 7.05 Å². The molecule has 0 amide bonds. The molecular weight excluding hydrogens is 358 g/mol. The summed E-state index contributed by atoms with van der Waals surface area (Å²) >= 11 is 1.34. The minimum atomic E-state index is -3.51. The molecule has 2 aromatic heterocycles. The summed E-state index contributed by atoms with van der Waals surface area (Å²) < 4.78 is 36.4. The van der Waals surface area contributed by atoms with Crippen molar-refractivity contribution >= 4 is 21.4 Å². The quantitative estimate of drug-likeness (QED) is 0.881. The molecule has 1 saturated heterocycles. The van der Waals surface area contributed by atoms with Crippen molar-refractivity contribution in [3.63, 3.8) is 0 Å². The largest absolute Gasteiger partial charge is 0.372 e. The first-order valence-corrected chi connectivity index (χ1v) is 10.7. The molecule has 1 aliphatic rings. The van der Waals surface area contributed by atoms with Gasteiger partial charge in [-0.05, 0) is 30.4 Å². The molecule has 0 aliphatic carbocycles. The van der Waals surface area contributed by atoms with Gasteiger partial charge in [0.15, 0.2) is 0 Å². The Bertz CT molecular complexity index is 833. The second-order valence-electron chi connectivity index (χ2n) is 7.50. The monoisotopic (exact) mass is 383 g/mol. The Kier molecular flexibility index (Phi) is 5.07. The van der Waals surface area contributed by atoms with Crippen molar-refractivity contribution in [1.29, 1.82) is 0 Å². The standard InChI is InChI=1S/C17H25N3O3S2/c1-17(2,3)15-5-6-16(24-15)25(21,22)19-12-7-8-23-14(9-12)13-10-18-11-20(13)4/h5-6,10-12,14,19H,7-9H2,1-4H3/t12-,14-/m0/s1. The molecule has 1 aliphatic heterocycles. The maximum Gasteiger partial charge on any atom is 0.250 e. The topological polar surface area (TPSA) is 73.2 Å². The molecule has 8 heteroatoms. The molecule has 0 aromatic carbocycles. The van der Waals surface area contributed by atoms with Crippen LogP contribution >= 0.6 is 11.3 Å². The summed E-state index contributed by atoms with van der Waals surface area (Å²) in [6.07, 6.45) is 4.65. The summed E-state index contributed by atoms with van der Waals surface area (Å²) in [6, 6.07) is 3.46. The van der Waals surface area contributed by atoms with E-state index in [0.29, 0.717) is 23.7 Å². The van der Waals surface area contributed by atoms with Crippen LogP contribution in [0, 0.1) is 0 Å². The van der Waals surface area contributed by atoms with E-state index in [0.717, 1.165) is 10.6 Å². The van der Waals surface area contributed by atoms with E-state index in [2.05, 4.69) is 30.5 Å². The number of thiophene rings is 1. The summed E-state index contributed by atoms with van der Waals surface area (Å²) in [5.74, 6) is 0. The zero-order chi connectivity index (χ0) is 18.2. The maximum absolute atomic E-state index is 12.7. The van der Waals surface area contributed by atoms with Gasteiger partial charge in [-0.15, -0.1) is 11.3 Å². The summed E-state index contributed by atoms with van der Waals surface area (Å²) in [4.78, 5) is 5.18. The van der Waals surface area contributed by atoms with Gasteiger partial charge in [0.05, 0.1) is 18.2 Å². The Balaban J connectivity index is 1.72. The highest BCUT2D eigenvalue weighted by Gasteiger charge is 2.30. The predicted molar refractivity (Wildman–Crippen MR) is 98.3 cm³/mol. The Morgan fingerprint density at radius 2 is 2.12 bits per heavy atom. The van der Waals surface area contributed by atoms with Crippen LogP contribution in [0.1, 0.15) is 50.3 Å². The molecule has 6 nitrogen and oxygen atoms in total. The molecule has 1 fully saturated rings. The SMILES string of the molecule is Cn1cncc1[C@@H]1C[C@@H](NS(=O)(=O)c2ccc(C(C)(C)C)s2)CCO1. The number of rotatable bonds is 4. The fourth-order valence-electron chi connectivity index (χ4n) is 2.93. The van der Waals surface area contributed by atoms with E-state index >= 15 is 0 Å². The highest BCUT2D eigenvalue weighted by Crippen LogP contribution is 2.33. The van der Waals surface area contributed by atoms with Gasteiger partial charge in [-0.3, -0.25) is 0 Å². The van der Waals surface area contributed by atoms with Crippen molar-refractivity contribution in [3.8, 4) is 0 Å². The first kappa shape index (κ1) is 18.6. The fraction of sp³-hybridized carbons (Fsp3) is 0.588. The summed E-state index contributed by atoms with van der Waals surface area (Å²) in [5, 5.41) is 0. The minimum absolute atomic E-state index is 0.0538. The zero-order valence-electron chi connectivity index (χ0n) is 15.0. The number of hydrogen-bond acceptors (Lipinski definition) is 5. The summed E-state index contributed by atoms with van der Waals surface area (Å²) in [6.45, 7) is 6.78. The van der Waals surface area contributed by atoms with E-state index in [1.54, 1.807) is 18.6 Å². The number of aryl methyl sites for hydroxylation is 1. The molecule has 0 spiro atoms. The second-order valence-corrected chi connectivity index (χ2v) is 10.5. The van der Waals surface area contributed by atoms with Gasteiger partial charge in [0, 0.05) is 24.6 Å². The van der Waals surface area contributed by atoms with Gasteiger partial charge in [-0.2, -0.15) is 0 Å². The molecule has 3 heterocycles.